The lowest BCUT2D eigenvalue weighted by Gasteiger charge is -2.34. The lowest BCUT2D eigenvalue weighted by Crippen LogP contribution is -2.54. The van der Waals surface area contributed by atoms with Crippen LogP contribution < -0.4 is 10.2 Å². The summed E-state index contributed by atoms with van der Waals surface area (Å²) in [6.45, 7) is 0.983. The van der Waals surface area contributed by atoms with Crippen molar-refractivity contribution in [1.82, 2.24) is 10.2 Å². The number of hydrogen-bond donors (Lipinski definition) is 2. The zero-order chi connectivity index (χ0) is 23.9. The van der Waals surface area contributed by atoms with Gasteiger partial charge in [-0.25, -0.2) is 4.39 Å². The highest BCUT2D eigenvalue weighted by atomic mass is 32.2. The van der Waals surface area contributed by atoms with E-state index in [1.165, 1.54) is 6.07 Å². The molecule has 2 N–H and O–H groups in total. The third-order valence-corrected chi connectivity index (χ3v) is 7.28. The van der Waals surface area contributed by atoms with Crippen LogP contribution in [0.2, 0.25) is 0 Å². The van der Waals surface area contributed by atoms with Gasteiger partial charge in [0.1, 0.15) is 11.9 Å². The number of carbonyl (C=O) groups is 4. The van der Waals surface area contributed by atoms with E-state index in [2.05, 4.69) is 5.32 Å². The first-order chi connectivity index (χ1) is 15.5. The number of piperidine rings is 2. The van der Waals surface area contributed by atoms with E-state index in [0.29, 0.717) is 38.8 Å². The molecule has 4 rings (SSSR count). The average Bonchev–Trinajstić information content (AvgIpc) is 2.97. The summed E-state index contributed by atoms with van der Waals surface area (Å²) < 4.78 is 45.5. The molecule has 1 atom stereocenters. The first kappa shape index (κ1) is 23.3. The molecule has 0 aliphatic carbocycles. The number of benzene rings is 1. The monoisotopic (exact) mass is 481 g/mol. The second-order valence-corrected chi connectivity index (χ2v) is 10.2. The van der Waals surface area contributed by atoms with Gasteiger partial charge in [-0.3, -0.25) is 33.9 Å². The Bertz CT molecular complexity index is 1130. The Morgan fingerprint density at radius 2 is 1.67 bits per heavy atom. The zero-order valence-corrected chi connectivity index (χ0v) is 18.6. The minimum absolute atomic E-state index is 0.00258. The molecule has 2 saturated heterocycles. The van der Waals surface area contributed by atoms with Crippen molar-refractivity contribution in [2.75, 3.05) is 23.7 Å². The Kier molecular flexibility index (Phi) is 6.23. The van der Waals surface area contributed by atoms with Crippen LogP contribution >= 0.6 is 0 Å². The lowest BCUT2D eigenvalue weighted by atomic mass is 9.92. The van der Waals surface area contributed by atoms with Gasteiger partial charge in [-0.1, -0.05) is 0 Å². The molecule has 2 fully saturated rings. The van der Waals surface area contributed by atoms with Gasteiger partial charge in [-0.15, -0.1) is 0 Å². The van der Waals surface area contributed by atoms with Gasteiger partial charge in [0.25, 0.3) is 21.9 Å². The van der Waals surface area contributed by atoms with Gasteiger partial charge in [-0.2, -0.15) is 8.42 Å². The fraction of sp³-hybridized carbons (Fsp3) is 0.524. The fourth-order valence-corrected chi connectivity index (χ4v) is 5.27. The number of rotatable bonds is 6. The number of nitrogens with zero attached hydrogens (tertiary/aromatic N) is 2. The molecule has 1 unspecified atom stereocenters. The van der Waals surface area contributed by atoms with E-state index in [4.69, 9.17) is 4.55 Å². The van der Waals surface area contributed by atoms with Gasteiger partial charge in [0.15, 0.2) is 0 Å². The average molecular weight is 482 g/mol. The first-order valence-electron chi connectivity index (χ1n) is 10.8. The van der Waals surface area contributed by atoms with Crippen molar-refractivity contribution in [3.63, 3.8) is 0 Å². The number of imide groups is 2. The van der Waals surface area contributed by atoms with E-state index in [9.17, 15) is 32.0 Å². The molecule has 4 amide bonds. The number of hydrogen-bond acceptors (Lipinski definition) is 7. The van der Waals surface area contributed by atoms with Crippen molar-refractivity contribution < 1.29 is 36.5 Å². The van der Waals surface area contributed by atoms with E-state index >= 15 is 0 Å². The molecule has 0 saturated carbocycles. The van der Waals surface area contributed by atoms with Crippen molar-refractivity contribution in [3.05, 3.63) is 29.1 Å². The van der Waals surface area contributed by atoms with E-state index in [0.717, 1.165) is 11.0 Å². The largest absolute Gasteiger partial charge is 0.369 e. The molecule has 1 aromatic rings. The summed E-state index contributed by atoms with van der Waals surface area (Å²) in [4.78, 5) is 51.9. The SMILES string of the molecule is O=C1CCC(N2C(=O)c3cc(F)c(N4CCC(CCCS(=O)(=O)O)CC4)cc3C2=O)C(=O)N1. The number of carbonyl (C=O) groups excluding carboxylic acids is 4. The van der Waals surface area contributed by atoms with Gasteiger partial charge in [-0.05, 0) is 50.2 Å². The number of nitrogens with one attached hydrogen (secondary N) is 1. The van der Waals surface area contributed by atoms with E-state index in [1.807, 2.05) is 0 Å². The topological polar surface area (TPSA) is 141 Å². The normalized spacial score (nSPS) is 22.1. The Morgan fingerprint density at radius 3 is 2.27 bits per heavy atom. The predicted molar refractivity (Wildman–Crippen MR) is 114 cm³/mol. The van der Waals surface area contributed by atoms with Crippen molar-refractivity contribution in [2.24, 2.45) is 5.92 Å². The molecule has 178 valence electrons. The van der Waals surface area contributed by atoms with Crippen LogP contribution in [-0.2, 0) is 19.7 Å². The second-order valence-electron chi connectivity index (χ2n) is 8.66. The van der Waals surface area contributed by atoms with Crippen molar-refractivity contribution >= 4 is 39.4 Å². The summed E-state index contributed by atoms with van der Waals surface area (Å²) in [7, 11) is -3.98. The molecule has 33 heavy (non-hydrogen) atoms. The Labute approximate surface area is 189 Å². The predicted octanol–water partition coefficient (Wildman–Crippen LogP) is 1.11. The van der Waals surface area contributed by atoms with E-state index in [1.54, 1.807) is 4.90 Å². The van der Waals surface area contributed by atoms with Crippen LogP contribution in [0.3, 0.4) is 0 Å². The van der Waals surface area contributed by atoms with Crippen LogP contribution in [0.5, 0.6) is 0 Å². The molecular weight excluding hydrogens is 457 g/mol. The van der Waals surface area contributed by atoms with E-state index < -0.39 is 45.6 Å². The van der Waals surface area contributed by atoms with Crippen LogP contribution in [0.15, 0.2) is 12.1 Å². The lowest BCUT2D eigenvalue weighted by molar-refractivity contribution is -0.136. The minimum atomic E-state index is -3.98. The number of fused-ring (bicyclic) bond motifs is 1. The highest BCUT2D eigenvalue weighted by Crippen LogP contribution is 2.34. The minimum Gasteiger partial charge on any atom is -0.369 e. The fourth-order valence-electron chi connectivity index (χ4n) is 4.74. The van der Waals surface area contributed by atoms with Crippen molar-refractivity contribution in [3.8, 4) is 0 Å². The molecule has 1 aromatic carbocycles. The van der Waals surface area contributed by atoms with E-state index in [-0.39, 0.29) is 41.3 Å². The third-order valence-electron chi connectivity index (χ3n) is 6.48. The van der Waals surface area contributed by atoms with Crippen LogP contribution in [0.25, 0.3) is 0 Å². The van der Waals surface area contributed by atoms with Crippen LogP contribution in [0.4, 0.5) is 10.1 Å². The van der Waals surface area contributed by atoms with Gasteiger partial charge < -0.3 is 4.90 Å². The second kappa shape index (κ2) is 8.82. The molecule has 0 bridgehead atoms. The maximum absolute atomic E-state index is 14.9. The summed E-state index contributed by atoms with van der Waals surface area (Å²) in [5, 5.41) is 2.12. The Morgan fingerprint density at radius 1 is 1.03 bits per heavy atom. The quantitative estimate of drug-likeness (QED) is 0.455. The molecule has 10 nitrogen and oxygen atoms in total. The Balaban J connectivity index is 1.46. The summed E-state index contributed by atoms with van der Waals surface area (Å²) in [5.74, 6) is -3.33. The van der Waals surface area contributed by atoms with Crippen molar-refractivity contribution in [2.45, 2.75) is 44.6 Å². The number of halogens is 1. The van der Waals surface area contributed by atoms with Gasteiger partial charge in [0.05, 0.1) is 22.6 Å². The zero-order valence-electron chi connectivity index (χ0n) is 17.8. The maximum Gasteiger partial charge on any atom is 0.264 e. The Hall–Kier alpha value is -2.86. The molecule has 3 heterocycles. The molecule has 0 aromatic heterocycles. The highest BCUT2D eigenvalue weighted by Gasteiger charge is 2.45. The summed E-state index contributed by atoms with van der Waals surface area (Å²) in [6, 6.07) is 1.25. The number of anilines is 1. The van der Waals surface area contributed by atoms with Crippen LogP contribution in [-0.4, -0.2) is 66.4 Å². The summed E-state index contributed by atoms with van der Waals surface area (Å²) in [5.41, 5.74) is 0.110. The molecule has 0 radical (unpaired) electrons. The van der Waals surface area contributed by atoms with Gasteiger partial charge in [0, 0.05) is 19.5 Å². The highest BCUT2D eigenvalue weighted by molar-refractivity contribution is 7.85. The van der Waals surface area contributed by atoms with Crippen LogP contribution in [0, 0.1) is 11.7 Å². The summed E-state index contributed by atoms with van der Waals surface area (Å²) in [6.07, 6.45) is 2.39. The van der Waals surface area contributed by atoms with Gasteiger partial charge in [0.2, 0.25) is 11.8 Å². The smallest absolute Gasteiger partial charge is 0.264 e. The maximum atomic E-state index is 14.9. The third kappa shape index (κ3) is 4.76. The van der Waals surface area contributed by atoms with Crippen molar-refractivity contribution in [1.29, 1.82) is 0 Å². The molecule has 3 aliphatic rings. The molecule has 12 heteroatoms. The van der Waals surface area contributed by atoms with Crippen LogP contribution in [0.1, 0.15) is 59.2 Å². The number of amides is 4. The summed E-state index contributed by atoms with van der Waals surface area (Å²) >= 11 is 0. The molecule has 3 aliphatic heterocycles. The molecule has 0 spiro atoms. The first-order valence-corrected chi connectivity index (χ1v) is 12.4. The molecular formula is C21H24FN3O7S. The standard InChI is InChI=1S/C21H24FN3O7S/c22-15-10-13-14(21(29)25(20(13)28)16-3-4-18(26)23-19(16)27)11-17(15)24-7-5-12(6-8-24)2-1-9-33(30,31)32/h10-12,16H,1-9H2,(H,23,26,27)(H,30,31,32). The van der Waals surface area contributed by atoms with Gasteiger partial charge >= 0.3 is 0 Å².